The van der Waals surface area contributed by atoms with Gasteiger partial charge in [-0.1, -0.05) is 24.5 Å². The van der Waals surface area contributed by atoms with E-state index in [1.165, 1.54) is 18.4 Å². The molecule has 0 unspecified atom stereocenters. The predicted molar refractivity (Wildman–Crippen MR) is 94.8 cm³/mol. The topological polar surface area (TPSA) is 79.5 Å². The predicted octanol–water partition coefficient (Wildman–Crippen LogP) is 2.78. The number of nitrogens with one attached hydrogen (secondary N) is 1. The molecule has 0 saturated heterocycles. The molecular formula is C19H23NO4. The van der Waals surface area contributed by atoms with E-state index in [1.807, 2.05) is 13.0 Å². The Labute approximate surface area is 141 Å². The number of fused-ring (bicyclic) bond motifs is 1. The Morgan fingerprint density at radius 2 is 2.04 bits per heavy atom. The van der Waals surface area contributed by atoms with Gasteiger partial charge in [-0.25, -0.2) is 0 Å². The lowest BCUT2D eigenvalue weighted by molar-refractivity contribution is -0.116. The minimum absolute atomic E-state index is 0.145. The van der Waals surface area contributed by atoms with Crippen LogP contribution in [-0.4, -0.2) is 24.2 Å². The maximum absolute atomic E-state index is 12.4. The van der Waals surface area contributed by atoms with Crippen molar-refractivity contribution in [2.75, 3.05) is 13.2 Å². The second-order valence-electron chi connectivity index (χ2n) is 5.78. The largest absolute Gasteiger partial charge is 0.463 e. The SMILES string of the molecule is Cc1ccc2occ(/C=C/C(=O)NCCCCCCO)c(=O)c2c1. The standard InChI is InChI=1S/C19H23NO4/c1-14-6-8-17-16(12-14)19(23)15(13-24-17)7-9-18(22)20-10-4-2-3-5-11-21/h6-9,12-13,21H,2-5,10-11H2,1H3,(H,20,22)/b9-7+. The van der Waals surface area contributed by atoms with Gasteiger partial charge in [0.2, 0.25) is 5.91 Å². The molecule has 2 N–H and O–H groups in total. The molecule has 0 spiro atoms. The summed E-state index contributed by atoms with van der Waals surface area (Å²) in [6.07, 6.45) is 7.80. The normalized spacial score (nSPS) is 11.2. The van der Waals surface area contributed by atoms with Gasteiger partial charge < -0.3 is 14.8 Å². The Hall–Kier alpha value is -2.40. The third-order valence-corrected chi connectivity index (χ3v) is 3.75. The third-order valence-electron chi connectivity index (χ3n) is 3.75. The summed E-state index contributed by atoms with van der Waals surface area (Å²) in [6.45, 7) is 2.71. The highest BCUT2D eigenvalue weighted by Gasteiger charge is 2.05. The molecule has 0 aliphatic heterocycles. The average Bonchev–Trinajstić information content (AvgIpc) is 2.58. The van der Waals surface area contributed by atoms with Crippen molar-refractivity contribution in [2.45, 2.75) is 32.6 Å². The molecule has 1 aromatic carbocycles. The maximum atomic E-state index is 12.4. The number of hydrogen-bond donors (Lipinski definition) is 2. The fraction of sp³-hybridized carbons (Fsp3) is 0.368. The molecule has 2 rings (SSSR count). The highest BCUT2D eigenvalue weighted by atomic mass is 16.3. The summed E-state index contributed by atoms with van der Waals surface area (Å²) in [5.41, 5.74) is 1.73. The quantitative estimate of drug-likeness (QED) is 0.576. The molecule has 1 amide bonds. The fourth-order valence-electron chi connectivity index (χ4n) is 2.40. The molecule has 5 heteroatoms. The van der Waals surface area contributed by atoms with Gasteiger partial charge in [0.1, 0.15) is 11.8 Å². The minimum Gasteiger partial charge on any atom is -0.463 e. The number of aliphatic hydroxyl groups is 1. The van der Waals surface area contributed by atoms with Gasteiger partial charge >= 0.3 is 0 Å². The molecule has 0 radical (unpaired) electrons. The lowest BCUT2D eigenvalue weighted by Crippen LogP contribution is -2.22. The Bertz CT molecular complexity index is 777. The molecular weight excluding hydrogens is 306 g/mol. The Morgan fingerprint density at radius 1 is 1.25 bits per heavy atom. The van der Waals surface area contributed by atoms with Gasteiger partial charge in [-0.3, -0.25) is 9.59 Å². The van der Waals surface area contributed by atoms with Gasteiger partial charge in [0.15, 0.2) is 5.43 Å². The Morgan fingerprint density at radius 3 is 2.83 bits per heavy atom. The van der Waals surface area contributed by atoms with Crippen LogP contribution in [-0.2, 0) is 4.79 Å². The second kappa shape index (κ2) is 9.03. The van der Waals surface area contributed by atoms with E-state index in [2.05, 4.69) is 5.32 Å². The maximum Gasteiger partial charge on any atom is 0.244 e. The fourth-order valence-corrected chi connectivity index (χ4v) is 2.40. The number of rotatable bonds is 8. The van der Waals surface area contributed by atoms with E-state index in [9.17, 15) is 9.59 Å². The van der Waals surface area contributed by atoms with Crippen molar-refractivity contribution >= 4 is 23.0 Å². The van der Waals surface area contributed by atoms with Gasteiger partial charge in [-0.05, 0) is 38.0 Å². The van der Waals surface area contributed by atoms with Crippen molar-refractivity contribution < 1.29 is 14.3 Å². The third kappa shape index (κ3) is 5.06. The first-order chi connectivity index (χ1) is 11.6. The number of amides is 1. The van der Waals surface area contributed by atoms with Crippen molar-refractivity contribution in [2.24, 2.45) is 0 Å². The number of aliphatic hydroxyl groups excluding tert-OH is 1. The van der Waals surface area contributed by atoms with E-state index in [0.717, 1.165) is 31.2 Å². The van der Waals surface area contributed by atoms with Crippen molar-refractivity contribution in [1.82, 2.24) is 5.32 Å². The molecule has 0 atom stereocenters. The lowest BCUT2D eigenvalue weighted by Gasteiger charge is -2.02. The van der Waals surface area contributed by atoms with Crippen molar-refractivity contribution in [3.8, 4) is 0 Å². The van der Waals surface area contributed by atoms with Crippen LogP contribution in [0.2, 0.25) is 0 Å². The van der Waals surface area contributed by atoms with Crippen LogP contribution in [0.25, 0.3) is 17.0 Å². The number of carbonyl (C=O) groups is 1. The first-order valence-electron chi connectivity index (χ1n) is 8.21. The molecule has 128 valence electrons. The van der Waals surface area contributed by atoms with Gasteiger partial charge in [-0.2, -0.15) is 0 Å². The van der Waals surface area contributed by atoms with Gasteiger partial charge in [0, 0.05) is 19.2 Å². The van der Waals surface area contributed by atoms with E-state index in [1.54, 1.807) is 12.1 Å². The molecule has 1 aromatic heterocycles. The van der Waals surface area contributed by atoms with Gasteiger partial charge in [0.25, 0.3) is 0 Å². The molecule has 2 aromatic rings. The van der Waals surface area contributed by atoms with E-state index >= 15 is 0 Å². The number of benzene rings is 1. The van der Waals surface area contributed by atoms with Crippen LogP contribution in [0.4, 0.5) is 0 Å². The van der Waals surface area contributed by atoms with Gasteiger partial charge in [-0.15, -0.1) is 0 Å². The lowest BCUT2D eigenvalue weighted by atomic mass is 10.1. The number of unbranched alkanes of at least 4 members (excludes halogenated alkanes) is 3. The van der Waals surface area contributed by atoms with Crippen molar-refractivity contribution in [3.05, 3.63) is 51.9 Å². The van der Waals surface area contributed by atoms with Crippen molar-refractivity contribution in [3.63, 3.8) is 0 Å². The van der Waals surface area contributed by atoms with Crippen LogP contribution < -0.4 is 10.7 Å². The molecule has 5 nitrogen and oxygen atoms in total. The smallest absolute Gasteiger partial charge is 0.244 e. The summed E-state index contributed by atoms with van der Waals surface area (Å²) in [5.74, 6) is -0.235. The molecule has 24 heavy (non-hydrogen) atoms. The zero-order chi connectivity index (χ0) is 17.4. The second-order valence-corrected chi connectivity index (χ2v) is 5.78. The monoisotopic (exact) mass is 329 g/mol. The van der Waals surface area contributed by atoms with Crippen LogP contribution in [0.15, 0.2) is 39.7 Å². The summed E-state index contributed by atoms with van der Waals surface area (Å²) in [7, 11) is 0. The zero-order valence-corrected chi connectivity index (χ0v) is 13.9. The Balaban J connectivity index is 1.94. The summed E-state index contributed by atoms with van der Waals surface area (Å²) in [6, 6.07) is 5.43. The van der Waals surface area contributed by atoms with Crippen LogP contribution >= 0.6 is 0 Å². The van der Waals surface area contributed by atoms with Crippen LogP contribution in [0.5, 0.6) is 0 Å². The van der Waals surface area contributed by atoms with Gasteiger partial charge in [0.05, 0.1) is 10.9 Å². The molecule has 0 bridgehead atoms. The summed E-state index contributed by atoms with van der Waals surface area (Å²) in [5, 5.41) is 12.0. The number of carbonyl (C=O) groups excluding carboxylic acids is 1. The highest BCUT2D eigenvalue weighted by molar-refractivity contribution is 5.92. The molecule has 0 fully saturated rings. The van der Waals surface area contributed by atoms with E-state index in [-0.39, 0.29) is 17.9 Å². The first kappa shape index (κ1) is 17.9. The van der Waals surface area contributed by atoms with Crippen LogP contribution in [0, 0.1) is 6.92 Å². The van der Waals surface area contributed by atoms with Crippen LogP contribution in [0.1, 0.15) is 36.8 Å². The summed E-state index contributed by atoms with van der Waals surface area (Å²) in [4.78, 5) is 24.2. The average molecular weight is 329 g/mol. The van der Waals surface area contributed by atoms with E-state index in [0.29, 0.717) is 23.1 Å². The number of hydrogen-bond acceptors (Lipinski definition) is 4. The summed E-state index contributed by atoms with van der Waals surface area (Å²) >= 11 is 0. The minimum atomic E-state index is -0.235. The Kier molecular flexibility index (Phi) is 6.75. The molecule has 0 saturated carbocycles. The van der Waals surface area contributed by atoms with Crippen LogP contribution in [0.3, 0.4) is 0 Å². The first-order valence-corrected chi connectivity index (χ1v) is 8.21. The van der Waals surface area contributed by atoms with E-state index in [4.69, 9.17) is 9.52 Å². The molecule has 0 aliphatic carbocycles. The summed E-state index contributed by atoms with van der Waals surface area (Å²) < 4.78 is 5.44. The molecule has 1 heterocycles. The zero-order valence-electron chi connectivity index (χ0n) is 13.9. The molecule has 0 aliphatic rings. The highest BCUT2D eigenvalue weighted by Crippen LogP contribution is 2.13. The van der Waals surface area contributed by atoms with E-state index < -0.39 is 0 Å². The van der Waals surface area contributed by atoms with Crippen molar-refractivity contribution in [1.29, 1.82) is 0 Å². The number of aryl methyl sites for hydroxylation is 1.